The summed E-state index contributed by atoms with van der Waals surface area (Å²) in [4.78, 5) is 42.5. The first-order valence-electron chi connectivity index (χ1n) is 11.4. The molecular formula is C26H24FN3O4S. The summed E-state index contributed by atoms with van der Waals surface area (Å²) in [7, 11) is 0. The molecule has 0 spiro atoms. The van der Waals surface area contributed by atoms with Gasteiger partial charge in [-0.05, 0) is 59.7 Å². The number of ether oxygens (including phenoxy) is 1. The number of carbonyl (C=O) groups is 3. The van der Waals surface area contributed by atoms with Crippen LogP contribution in [0.25, 0.3) is 0 Å². The molecule has 2 aromatic carbocycles. The molecule has 0 radical (unpaired) electrons. The number of thiophene rings is 1. The highest BCUT2D eigenvalue weighted by Gasteiger charge is 2.48. The number of halogens is 1. The van der Waals surface area contributed by atoms with Crippen molar-refractivity contribution in [1.82, 2.24) is 9.80 Å². The Morgan fingerprint density at radius 2 is 1.83 bits per heavy atom. The molecule has 0 aliphatic carbocycles. The minimum atomic E-state index is -0.865. The van der Waals surface area contributed by atoms with Gasteiger partial charge in [0.2, 0.25) is 5.91 Å². The van der Waals surface area contributed by atoms with Crippen molar-refractivity contribution < 1.29 is 23.5 Å². The molecule has 0 bridgehead atoms. The summed E-state index contributed by atoms with van der Waals surface area (Å²) in [6, 6.07) is 15.6. The first-order valence-corrected chi connectivity index (χ1v) is 12.3. The molecule has 5 rings (SSSR count). The molecule has 2 aliphatic rings. The van der Waals surface area contributed by atoms with Gasteiger partial charge in [-0.1, -0.05) is 30.3 Å². The average Bonchev–Trinajstić information content (AvgIpc) is 3.62. The average molecular weight is 494 g/mol. The minimum absolute atomic E-state index is 0.0618. The number of rotatable bonds is 6. The summed E-state index contributed by atoms with van der Waals surface area (Å²) >= 11 is 1.35. The van der Waals surface area contributed by atoms with E-state index in [1.54, 1.807) is 47.4 Å². The maximum Gasteiger partial charge on any atom is 0.411 e. The highest BCUT2D eigenvalue weighted by Crippen LogP contribution is 2.36. The van der Waals surface area contributed by atoms with Crippen LogP contribution in [0.5, 0.6) is 0 Å². The molecule has 9 heteroatoms. The zero-order valence-corrected chi connectivity index (χ0v) is 19.7. The standard InChI is InChI=1S/C26H24FN3O4S/c27-19-6-3-5-17(15-19)16-30-22(25(32)29-12-1-2-13-29)23(34-26(30)33)18-8-10-20(11-9-18)28-24(31)21-7-4-14-35-21/h3-11,14-15,22-23H,1-2,12-13,16H2,(H,28,31). The van der Waals surface area contributed by atoms with E-state index in [0.29, 0.717) is 34.8 Å². The van der Waals surface area contributed by atoms with Crippen molar-refractivity contribution in [3.05, 3.63) is 87.9 Å². The summed E-state index contributed by atoms with van der Waals surface area (Å²) in [6.07, 6.45) is 0.402. The van der Waals surface area contributed by atoms with Gasteiger partial charge in [-0.2, -0.15) is 0 Å². The molecule has 1 aromatic heterocycles. The fraction of sp³-hybridized carbons (Fsp3) is 0.269. The Balaban J connectivity index is 1.39. The second-order valence-corrected chi connectivity index (χ2v) is 9.54. The summed E-state index contributed by atoms with van der Waals surface area (Å²) in [5.41, 5.74) is 1.82. The van der Waals surface area contributed by atoms with Crippen molar-refractivity contribution in [2.75, 3.05) is 18.4 Å². The molecule has 2 aliphatic heterocycles. The molecule has 180 valence electrons. The number of hydrogen-bond acceptors (Lipinski definition) is 5. The number of cyclic esters (lactones) is 1. The van der Waals surface area contributed by atoms with E-state index in [0.717, 1.165) is 12.8 Å². The Bertz CT molecular complexity index is 1230. The number of nitrogens with one attached hydrogen (secondary N) is 1. The third-order valence-corrected chi connectivity index (χ3v) is 7.11. The van der Waals surface area contributed by atoms with E-state index >= 15 is 0 Å². The molecule has 0 saturated carbocycles. The molecular weight excluding hydrogens is 469 g/mol. The highest BCUT2D eigenvalue weighted by molar-refractivity contribution is 7.12. The van der Waals surface area contributed by atoms with E-state index in [-0.39, 0.29) is 18.4 Å². The highest BCUT2D eigenvalue weighted by atomic mass is 32.1. The molecule has 3 heterocycles. The molecule has 3 aromatic rings. The van der Waals surface area contributed by atoms with Crippen LogP contribution in [0, 0.1) is 5.82 Å². The van der Waals surface area contributed by atoms with E-state index < -0.39 is 24.1 Å². The lowest BCUT2D eigenvalue weighted by Crippen LogP contribution is -2.47. The third-order valence-electron chi connectivity index (χ3n) is 6.24. The molecule has 3 amide bonds. The van der Waals surface area contributed by atoms with E-state index in [1.807, 2.05) is 11.4 Å². The molecule has 1 N–H and O–H groups in total. The van der Waals surface area contributed by atoms with Crippen molar-refractivity contribution in [3.63, 3.8) is 0 Å². The molecule has 2 fully saturated rings. The smallest absolute Gasteiger partial charge is 0.411 e. The second kappa shape index (κ2) is 9.87. The van der Waals surface area contributed by atoms with Gasteiger partial charge in [-0.25, -0.2) is 9.18 Å². The van der Waals surface area contributed by atoms with Gasteiger partial charge >= 0.3 is 6.09 Å². The Morgan fingerprint density at radius 1 is 1.06 bits per heavy atom. The molecule has 2 saturated heterocycles. The van der Waals surface area contributed by atoms with Gasteiger partial charge in [0, 0.05) is 18.8 Å². The lowest BCUT2D eigenvalue weighted by molar-refractivity contribution is -0.135. The van der Waals surface area contributed by atoms with Gasteiger partial charge in [-0.3, -0.25) is 14.5 Å². The maximum atomic E-state index is 13.8. The first kappa shape index (κ1) is 23.0. The molecule has 2 atom stereocenters. The number of amides is 3. The van der Waals surface area contributed by atoms with Gasteiger partial charge in [0.25, 0.3) is 5.91 Å². The number of anilines is 1. The quantitative estimate of drug-likeness (QED) is 0.534. The number of benzene rings is 2. The fourth-order valence-electron chi connectivity index (χ4n) is 4.51. The predicted octanol–water partition coefficient (Wildman–Crippen LogP) is 4.82. The van der Waals surface area contributed by atoms with Crippen LogP contribution in [0.15, 0.2) is 66.0 Å². The van der Waals surface area contributed by atoms with Crippen molar-refractivity contribution in [2.45, 2.75) is 31.5 Å². The van der Waals surface area contributed by atoms with E-state index in [9.17, 15) is 18.8 Å². The summed E-state index contributed by atoms with van der Waals surface area (Å²) < 4.78 is 19.5. The Hall–Kier alpha value is -3.72. The van der Waals surface area contributed by atoms with Crippen LogP contribution in [0.2, 0.25) is 0 Å². The van der Waals surface area contributed by atoms with Crippen LogP contribution in [0.1, 0.15) is 39.7 Å². The van der Waals surface area contributed by atoms with Gasteiger partial charge in [0.15, 0.2) is 12.1 Å². The summed E-state index contributed by atoms with van der Waals surface area (Å²) in [6.45, 7) is 1.34. The topological polar surface area (TPSA) is 79.0 Å². The normalized spacial score (nSPS) is 19.6. The predicted molar refractivity (Wildman–Crippen MR) is 129 cm³/mol. The summed E-state index contributed by atoms with van der Waals surface area (Å²) in [5, 5.41) is 4.67. The van der Waals surface area contributed by atoms with E-state index in [2.05, 4.69) is 5.32 Å². The van der Waals surface area contributed by atoms with E-state index in [4.69, 9.17) is 4.74 Å². The number of carbonyl (C=O) groups excluding carboxylic acids is 3. The van der Waals surface area contributed by atoms with Crippen LogP contribution < -0.4 is 5.32 Å². The number of hydrogen-bond donors (Lipinski definition) is 1. The van der Waals surface area contributed by atoms with Gasteiger partial charge < -0.3 is 15.0 Å². The summed E-state index contributed by atoms with van der Waals surface area (Å²) in [5.74, 6) is -0.789. The van der Waals surface area contributed by atoms with Crippen LogP contribution in [-0.2, 0) is 16.1 Å². The second-order valence-electron chi connectivity index (χ2n) is 8.59. The van der Waals surface area contributed by atoms with Gasteiger partial charge in [0.05, 0.1) is 11.4 Å². The van der Waals surface area contributed by atoms with Crippen LogP contribution in [0.4, 0.5) is 14.9 Å². The van der Waals surface area contributed by atoms with Crippen molar-refractivity contribution in [2.24, 2.45) is 0 Å². The lowest BCUT2D eigenvalue weighted by Gasteiger charge is -2.28. The first-order chi connectivity index (χ1) is 17.0. The SMILES string of the molecule is O=C(Nc1ccc(C2OC(=O)N(Cc3cccc(F)c3)C2C(=O)N2CCCC2)cc1)c1cccs1. The van der Waals surface area contributed by atoms with Crippen molar-refractivity contribution in [1.29, 1.82) is 0 Å². The fourth-order valence-corrected chi connectivity index (χ4v) is 5.13. The van der Waals surface area contributed by atoms with Crippen molar-refractivity contribution >= 4 is 34.9 Å². The number of likely N-dealkylation sites (tertiary alicyclic amines) is 1. The largest absolute Gasteiger partial charge is 0.438 e. The monoisotopic (exact) mass is 493 g/mol. The number of nitrogens with zero attached hydrogens (tertiary/aromatic N) is 2. The van der Waals surface area contributed by atoms with Gasteiger partial charge in [0.1, 0.15) is 5.82 Å². The molecule has 35 heavy (non-hydrogen) atoms. The zero-order valence-electron chi connectivity index (χ0n) is 18.9. The molecule has 7 nitrogen and oxygen atoms in total. The van der Waals surface area contributed by atoms with Crippen LogP contribution in [-0.4, -0.2) is 46.8 Å². The van der Waals surface area contributed by atoms with Crippen LogP contribution >= 0.6 is 11.3 Å². The Labute approximate surface area is 206 Å². The van der Waals surface area contributed by atoms with Crippen molar-refractivity contribution in [3.8, 4) is 0 Å². The van der Waals surface area contributed by atoms with Gasteiger partial charge in [-0.15, -0.1) is 11.3 Å². The van der Waals surface area contributed by atoms with Crippen LogP contribution in [0.3, 0.4) is 0 Å². The lowest BCUT2D eigenvalue weighted by atomic mass is 10.00. The molecule has 2 unspecified atom stereocenters. The zero-order chi connectivity index (χ0) is 24.4. The maximum absolute atomic E-state index is 13.8. The Kier molecular flexibility index (Phi) is 6.50. The third kappa shape index (κ3) is 4.90. The van der Waals surface area contributed by atoms with E-state index in [1.165, 1.54) is 28.4 Å². The Morgan fingerprint density at radius 3 is 2.51 bits per heavy atom. The minimum Gasteiger partial charge on any atom is -0.438 e.